The van der Waals surface area contributed by atoms with Gasteiger partial charge in [-0.05, 0) is 6.92 Å². The minimum atomic E-state index is -0.284. The van der Waals surface area contributed by atoms with Crippen molar-refractivity contribution in [2.45, 2.75) is 6.92 Å². The standard InChI is InChI=1S/C9H14N2O4S/c1-6-7(16-9(14)11-6)8(13)10-2-4-15-5-3-12/h12H,2-5H2,1H3,(H,10,13)(H,11,14). The van der Waals surface area contributed by atoms with Gasteiger partial charge in [0.15, 0.2) is 0 Å². The van der Waals surface area contributed by atoms with E-state index in [4.69, 9.17) is 9.84 Å². The molecule has 0 aliphatic rings. The lowest BCUT2D eigenvalue weighted by Crippen LogP contribution is -2.27. The summed E-state index contributed by atoms with van der Waals surface area (Å²) in [5.41, 5.74) is 0.573. The maximum Gasteiger partial charge on any atom is 0.305 e. The molecule has 0 aromatic carbocycles. The molecule has 0 atom stereocenters. The van der Waals surface area contributed by atoms with E-state index < -0.39 is 0 Å². The van der Waals surface area contributed by atoms with Crippen molar-refractivity contribution in [1.82, 2.24) is 10.3 Å². The number of aromatic nitrogens is 1. The second-order valence-electron chi connectivity index (χ2n) is 3.06. The van der Waals surface area contributed by atoms with E-state index in [9.17, 15) is 9.59 Å². The fourth-order valence-corrected chi connectivity index (χ4v) is 1.86. The number of rotatable bonds is 6. The highest BCUT2D eigenvalue weighted by molar-refractivity contribution is 7.11. The van der Waals surface area contributed by atoms with E-state index in [0.717, 1.165) is 11.3 Å². The van der Waals surface area contributed by atoms with Gasteiger partial charge in [0.2, 0.25) is 0 Å². The van der Waals surface area contributed by atoms with Gasteiger partial charge in [0.1, 0.15) is 4.88 Å². The molecule has 1 aromatic heterocycles. The summed E-state index contributed by atoms with van der Waals surface area (Å²) in [4.78, 5) is 25.2. The molecule has 90 valence electrons. The highest BCUT2D eigenvalue weighted by Crippen LogP contribution is 2.06. The maximum atomic E-state index is 11.5. The van der Waals surface area contributed by atoms with Crippen LogP contribution < -0.4 is 10.2 Å². The average molecular weight is 246 g/mol. The number of hydrogen-bond acceptors (Lipinski definition) is 5. The first kappa shape index (κ1) is 12.9. The fourth-order valence-electron chi connectivity index (χ4n) is 1.10. The van der Waals surface area contributed by atoms with Crippen LogP contribution in [0.1, 0.15) is 15.4 Å². The van der Waals surface area contributed by atoms with Crippen LogP contribution >= 0.6 is 11.3 Å². The van der Waals surface area contributed by atoms with Gasteiger partial charge >= 0.3 is 4.87 Å². The van der Waals surface area contributed by atoms with Gasteiger partial charge in [0.25, 0.3) is 5.91 Å². The molecule has 3 N–H and O–H groups in total. The summed E-state index contributed by atoms with van der Waals surface area (Å²) in [7, 11) is 0. The molecule has 0 aliphatic carbocycles. The molecule has 0 saturated carbocycles. The minimum absolute atomic E-state index is 0.0352. The van der Waals surface area contributed by atoms with Gasteiger partial charge in [0, 0.05) is 12.2 Å². The van der Waals surface area contributed by atoms with Gasteiger partial charge in [-0.25, -0.2) is 0 Å². The van der Waals surface area contributed by atoms with Crippen molar-refractivity contribution in [3.8, 4) is 0 Å². The van der Waals surface area contributed by atoms with Gasteiger partial charge in [-0.2, -0.15) is 0 Å². The Balaban J connectivity index is 2.35. The second-order valence-corrected chi connectivity index (χ2v) is 4.04. The van der Waals surface area contributed by atoms with Gasteiger partial charge in [-0.15, -0.1) is 0 Å². The molecule has 1 rings (SSSR count). The summed E-state index contributed by atoms with van der Waals surface area (Å²) in [6.07, 6.45) is 0. The van der Waals surface area contributed by atoms with Gasteiger partial charge in [0.05, 0.1) is 19.8 Å². The molecule has 0 aliphatic heterocycles. The molecule has 0 radical (unpaired) electrons. The summed E-state index contributed by atoms with van der Waals surface area (Å²) in [6, 6.07) is 0. The van der Waals surface area contributed by atoms with Crippen molar-refractivity contribution in [2.75, 3.05) is 26.4 Å². The Hall–Kier alpha value is -1.18. The van der Waals surface area contributed by atoms with E-state index in [2.05, 4.69) is 10.3 Å². The second kappa shape index (κ2) is 6.41. The number of hydrogen-bond donors (Lipinski definition) is 3. The molecule has 0 bridgehead atoms. The molecule has 16 heavy (non-hydrogen) atoms. The van der Waals surface area contributed by atoms with Crippen LogP contribution in [0.4, 0.5) is 0 Å². The van der Waals surface area contributed by atoms with Gasteiger partial charge in [-0.1, -0.05) is 11.3 Å². The molecule has 1 aromatic rings. The van der Waals surface area contributed by atoms with Gasteiger partial charge in [-0.3, -0.25) is 9.59 Å². The Morgan fingerprint density at radius 3 is 2.88 bits per heavy atom. The summed E-state index contributed by atoms with van der Waals surface area (Å²) >= 11 is 0.887. The van der Waals surface area contributed by atoms with Crippen LogP contribution in [0.15, 0.2) is 4.79 Å². The zero-order chi connectivity index (χ0) is 12.0. The molecule has 1 heterocycles. The summed E-state index contributed by atoms with van der Waals surface area (Å²) < 4.78 is 4.97. The molecular formula is C9H14N2O4S. The van der Waals surface area contributed by atoms with Gasteiger partial charge < -0.3 is 20.1 Å². The monoisotopic (exact) mass is 246 g/mol. The molecule has 0 unspecified atom stereocenters. The third kappa shape index (κ3) is 3.76. The number of thiazole rings is 1. The maximum absolute atomic E-state index is 11.5. The van der Waals surface area contributed by atoms with Crippen LogP contribution in [-0.2, 0) is 4.74 Å². The van der Waals surface area contributed by atoms with Crippen molar-refractivity contribution in [3.63, 3.8) is 0 Å². The number of amides is 1. The minimum Gasteiger partial charge on any atom is -0.394 e. The largest absolute Gasteiger partial charge is 0.394 e. The summed E-state index contributed by atoms with van der Waals surface area (Å²) in [5, 5.41) is 11.1. The highest BCUT2D eigenvalue weighted by atomic mass is 32.1. The smallest absolute Gasteiger partial charge is 0.305 e. The van der Waals surface area contributed by atoms with E-state index >= 15 is 0 Å². The summed E-state index contributed by atoms with van der Waals surface area (Å²) in [6.45, 7) is 2.59. The Labute approximate surface area is 96.3 Å². The molecule has 7 heteroatoms. The fraction of sp³-hybridized carbons (Fsp3) is 0.556. The van der Waals surface area contributed by atoms with E-state index in [1.807, 2.05) is 0 Å². The van der Waals surface area contributed by atoms with E-state index in [1.165, 1.54) is 0 Å². The number of aromatic amines is 1. The molecule has 6 nitrogen and oxygen atoms in total. The van der Waals surface area contributed by atoms with Crippen LogP contribution in [0.2, 0.25) is 0 Å². The zero-order valence-electron chi connectivity index (χ0n) is 8.91. The Bertz CT molecular complexity index is 398. The van der Waals surface area contributed by atoms with Crippen LogP contribution in [0, 0.1) is 6.92 Å². The van der Waals surface area contributed by atoms with Crippen molar-refractivity contribution >= 4 is 17.2 Å². The van der Waals surface area contributed by atoms with E-state index in [1.54, 1.807) is 6.92 Å². The number of carbonyl (C=O) groups is 1. The lowest BCUT2D eigenvalue weighted by Gasteiger charge is -2.04. The molecular weight excluding hydrogens is 232 g/mol. The van der Waals surface area contributed by atoms with Crippen molar-refractivity contribution in [3.05, 3.63) is 20.2 Å². The number of aryl methyl sites for hydroxylation is 1. The van der Waals surface area contributed by atoms with Crippen LogP contribution in [0.25, 0.3) is 0 Å². The van der Waals surface area contributed by atoms with Crippen molar-refractivity contribution < 1.29 is 14.6 Å². The zero-order valence-corrected chi connectivity index (χ0v) is 9.73. The van der Waals surface area contributed by atoms with Crippen LogP contribution in [-0.4, -0.2) is 42.4 Å². The number of aliphatic hydroxyl groups excluding tert-OH is 1. The predicted molar refractivity (Wildman–Crippen MR) is 59.9 cm³/mol. The highest BCUT2D eigenvalue weighted by Gasteiger charge is 2.12. The normalized spacial score (nSPS) is 10.4. The lowest BCUT2D eigenvalue weighted by molar-refractivity contribution is 0.0840. The number of H-pyrrole nitrogens is 1. The summed E-state index contributed by atoms with van der Waals surface area (Å²) in [5.74, 6) is -0.284. The Kier molecular flexibility index (Phi) is 5.17. The van der Waals surface area contributed by atoms with Crippen LogP contribution in [0.5, 0.6) is 0 Å². The lowest BCUT2D eigenvalue weighted by atomic mass is 10.4. The first-order valence-corrected chi connectivity index (χ1v) is 5.63. The van der Waals surface area contributed by atoms with Crippen molar-refractivity contribution in [2.24, 2.45) is 0 Å². The number of nitrogens with one attached hydrogen (secondary N) is 2. The quantitative estimate of drug-likeness (QED) is 0.589. The Morgan fingerprint density at radius 1 is 1.56 bits per heavy atom. The predicted octanol–water partition coefficient (Wildman–Crippen LogP) is -0.516. The molecule has 1 amide bonds. The third-order valence-corrected chi connectivity index (χ3v) is 2.78. The first-order chi connectivity index (χ1) is 7.65. The Morgan fingerprint density at radius 2 is 2.31 bits per heavy atom. The number of ether oxygens (including phenoxy) is 1. The first-order valence-electron chi connectivity index (χ1n) is 4.81. The third-order valence-electron chi connectivity index (χ3n) is 1.80. The molecule has 0 saturated heterocycles. The molecule has 0 fully saturated rings. The molecule has 0 spiro atoms. The average Bonchev–Trinajstić information content (AvgIpc) is 2.57. The topological polar surface area (TPSA) is 91.4 Å². The van der Waals surface area contributed by atoms with E-state index in [-0.39, 0.29) is 24.0 Å². The van der Waals surface area contributed by atoms with Crippen LogP contribution in [0.3, 0.4) is 0 Å². The van der Waals surface area contributed by atoms with Crippen molar-refractivity contribution in [1.29, 1.82) is 0 Å². The van der Waals surface area contributed by atoms with E-state index in [0.29, 0.717) is 23.7 Å². The SMILES string of the molecule is Cc1[nH]c(=O)sc1C(=O)NCCOCCO. The number of carbonyl (C=O) groups excluding carboxylic acids is 1. The number of aliphatic hydroxyl groups is 1.